The average molecular weight is 204 g/mol. The van der Waals surface area contributed by atoms with E-state index in [0.717, 1.165) is 0 Å². The maximum Gasteiger partial charge on any atom is 0.214 e. The van der Waals surface area contributed by atoms with Crippen LogP contribution >= 0.6 is 0 Å². The zero-order valence-electron chi connectivity index (χ0n) is 8.24. The number of hydrogen-bond acceptors (Lipinski definition) is 3. The smallest absolute Gasteiger partial charge is 0.212 e. The average Bonchev–Trinajstić information content (AvgIpc) is 2.03. The van der Waals surface area contributed by atoms with E-state index in [2.05, 4.69) is 4.72 Å². The van der Waals surface area contributed by atoms with Gasteiger partial charge in [-0.15, -0.1) is 0 Å². The van der Waals surface area contributed by atoms with Crippen LogP contribution in [0, 0.1) is 11.3 Å². The molecule has 0 aromatic heterocycles. The van der Waals surface area contributed by atoms with Gasteiger partial charge in [-0.25, -0.2) is 13.1 Å². The van der Waals surface area contributed by atoms with Crippen molar-refractivity contribution in [1.82, 2.24) is 4.72 Å². The Labute approximate surface area is 80.0 Å². The third-order valence-corrected chi connectivity index (χ3v) is 3.69. The molecule has 0 aliphatic rings. The maximum absolute atomic E-state index is 11.4. The number of sulfonamides is 1. The zero-order chi connectivity index (χ0) is 10.5. The molecule has 0 rings (SSSR count). The Morgan fingerprint density at radius 1 is 1.46 bits per heavy atom. The highest BCUT2D eigenvalue weighted by Crippen LogP contribution is 2.03. The Balaban J connectivity index is 4.33. The van der Waals surface area contributed by atoms with E-state index in [1.54, 1.807) is 13.8 Å². The minimum absolute atomic E-state index is 0.225. The van der Waals surface area contributed by atoms with Crippen molar-refractivity contribution < 1.29 is 8.42 Å². The fourth-order valence-corrected chi connectivity index (χ4v) is 1.73. The molecule has 0 aromatic carbocycles. The Hall–Kier alpha value is -0.600. The molecule has 76 valence electrons. The van der Waals surface area contributed by atoms with Crippen molar-refractivity contribution in [3.8, 4) is 6.07 Å². The molecule has 0 spiro atoms. The summed E-state index contributed by atoms with van der Waals surface area (Å²) >= 11 is 0. The summed E-state index contributed by atoms with van der Waals surface area (Å²) in [6.07, 6.45) is 0.863. The van der Waals surface area contributed by atoms with E-state index in [9.17, 15) is 8.42 Å². The molecule has 1 unspecified atom stereocenters. The van der Waals surface area contributed by atoms with Crippen LogP contribution < -0.4 is 4.72 Å². The predicted octanol–water partition coefficient (Wildman–Crippen LogP) is 1.01. The predicted molar refractivity (Wildman–Crippen MR) is 51.5 cm³/mol. The molecular formula is C8H16N2O2S. The van der Waals surface area contributed by atoms with Gasteiger partial charge in [-0.1, -0.05) is 6.92 Å². The van der Waals surface area contributed by atoms with E-state index >= 15 is 0 Å². The summed E-state index contributed by atoms with van der Waals surface area (Å²) in [5, 5.41) is 7.97. The van der Waals surface area contributed by atoms with E-state index in [4.69, 9.17) is 5.26 Å². The second-order valence-corrected chi connectivity index (χ2v) is 5.45. The molecule has 0 fully saturated rings. The molecule has 0 amide bonds. The molecule has 0 saturated heterocycles. The minimum atomic E-state index is -3.23. The number of nitrogens with zero attached hydrogens (tertiary/aromatic N) is 1. The maximum atomic E-state index is 11.4. The number of nitrogens with one attached hydrogen (secondary N) is 1. The summed E-state index contributed by atoms with van der Waals surface area (Å²) < 4.78 is 25.2. The van der Waals surface area contributed by atoms with E-state index in [0.29, 0.717) is 6.42 Å². The third-order valence-electron chi connectivity index (χ3n) is 1.78. The van der Waals surface area contributed by atoms with Crippen molar-refractivity contribution in [3.63, 3.8) is 0 Å². The van der Waals surface area contributed by atoms with E-state index in [1.165, 1.54) is 0 Å². The Morgan fingerprint density at radius 3 is 2.31 bits per heavy atom. The second-order valence-electron chi connectivity index (χ2n) is 3.18. The second kappa shape index (κ2) is 5.20. The van der Waals surface area contributed by atoms with Crippen LogP contribution in [0.3, 0.4) is 0 Å². The Bertz CT molecular complexity index is 277. The van der Waals surface area contributed by atoms with Gasteiger partial charge in [-0.3, -0.25) is 0 Å². The fraction of sp³-hybridized carbons (Fsp3) is 0.875. The number of rotatable bonds is 5. The molecule has 0 radical (unpaired) electrons. The van der Waals surface area contributed by atoms with Gasteiger partial charge in [0.05, 0.1) is 17.7 Å². The lowest BCUT2D eigenvalue weighted by molar-refractivity contribution is 0.536. The van der Waals surface area contributed by atoms with E-state index < -0.39 is 15.3 Å². The van der Waals surface area contributed by atoms with Gasteiger partial charge in [-0.05, 0) is 20.3 Å². The molecular weight excluding hydrogens is 188 g/mol. The first-order valence-electron chi connectivity index (χ1n) is 4.32. The third kappa shape index (κ3) is 4.25. The summed E-state index contributed by atoms with van der Waals surface area (Å²) in [5.41, 5.74) is 0. The Kier molecular flexibility index (Phi) is 4.96. The van der Waals surface area contributed by atoms with Crippen molar-refractivity contribution in [2.45, 2.75) is 44.9 Å². The van der Waals surface area contributed by atoms with Crippen LogP contribution in [-0.2, 0) is 10.0 Å². The van der Waals surface area contributed by atoms with Crippen molar-refractivity contribution in [1.29, 1.82) is 5.26 Å². The normalized spacial score (nSPS) is 14.1. The van der Waals surface area contributed by atoms with Crippen molar-refractivity contribution in [2.24, 2.45) is 0 Å². The first-order chi connectivity index (χ1) is 5.94. The van der Waals surface area contributed by atoms with Crippen LogP contribution in [0.1, 0.15) is 33.6 Å². The highest BCUT2D eigenvalue weighted by atomic mass is 32.2. The first kappa shape index (κ1) is 12.4. The van der Waals surface area contributed by atoms with Gasteiger partial charge in [0.25, 0.3) is 0 Å². The molecule has 0 bridgehead atoms. The standard InChI is InChI=1S/C8H16N2O2S/c1-4-8(5-6-9)10-13(11,12)7(2)3/h7-8,10H,4-5H2,1-3H3. The molecule has 0 heterocycles. The van der Waals surface area contributed by atoms with Gasteiger partial charge in [0.15, 0.2) is 0 Å². The van der Waals surface area contributed by atoms with Gasteiger partial charge in [0.1, 0.15) is 0 Å². The van der Waals surface area contributed by atoms with E-state index in [1.807, 2.05) is 13.0 Å². The van der Waals surface area contributed by atoms with Gasteiger partial charge in [0, 0.05) is 6.04 Å². The van der Waals surface area contributed by atoms with Crippen LogP contribution in [0.2, 0.25) is 0 Å². The molecule has 5 heteroatoms. The highest BCUT2D eigenvalue weighted by molar-refractivity contribution is 7.90. The monoisotopic (exact) mass is 204 g/mol. The summed E-state index contributed by atoms with van der Waals surface area (Å²) in [5.74, 6) is 0. The number of hydrogen-bond donors (Lipinski definition) is 1. The first-order valence-corrected chi connectivity index (χ1v) is 5.86. The van der Waals surface area contributed by atoms with Gasteiger partial charge in [-0.2, -0.15) is 5.26 Å². The SMILES string of the molecule is CCC(CC#N)NS(=O)(=O)C(C)C. The van der Waals surface area contributed by atoms with E-state index in [-0.39, 0.29) is 12.5 Å². The van der Waals surface area contributed by atoms with Gasteiger partial charge in [0.2, 0.25) is 10.0 Å². The highest BCUT2D eigenvalue weighted by Gasteiger charge is 2.19. The van der Waals surface area contributed by atoms with Crippen LogP contribution in [0.4, 0.5) is 0 Å². The Morgan fingerprint density at radius 2 is 2.00 bits per heavy atom. The lowest BCUT2D eigenvalue weighted by atomic mass is 10.2. The van der Waals surface area contributed by atoms with Crippen molar-refractivity contribution in [3.05, 3.63) is 0 Å². The molecule has 13 heavy (non-hydrogen) atoms. The lowest BCUT2D eigenvalue weighted by Gasteiger charge is -2.15. The van der Waals surface area contributed by atoms with Crippen LogP contribution in [0.25, 0.3) is 0 Å². The summed E-state index contributed by atoms with van der Waals surface area (Å²) in [6.45, 7) is 5.08. The lowest BCUT2D eigenvalue weighted by Crippen LogP contribution is -2.38. The van der Waals surface area contributed by atoms with Gasteiger partial charge < -0.3 is 0 Å². The quantitative estimate of drug-likeness (QED) is 0.726. The van der Waals surface area contributed by atoms with Gasteiger partial charge >= 0.3 is 0 Å². The van der Waals surface area contributed by atoms with Crippen LogP contribution in [0.15, 0.2) is 0 Å². The molecule has 4 nitrogen and oxygen atoms in total. The zero-order valence-corrected chi connectivity index (χ0v) is 9.06. The molecule has 1 N–H and O–H groups in total. The molecule has 1 atom stereocenters. The molecule has 0 saturated carbocycles. The summed E-state index contributed by atoms with van der Waals surface area (Å²) in [4.78, 5) is 0. The molecule has 0 aliphatic heterocycles. The summed E-state index contributed by atoms with van der Waals surface area (Å²) in [6, 6.07) is 1.70. The van der Waals surface area contributed by atoms with Crippen molar-refractivity contribution >= 4 is 10.0 Å². The van der Waals surface area contributed by atoms with Crippen LogP contribution in [-0.4, -0.2) is 19.7 Å². The molecule has 0 aliphatic carbocycles. The summed E-state index contributed by atoms with van der Waals surface area (Å²) in [7, 11) is -3.23. The minimum Gasteiger partial charge on any atom is -0.212 e. The molecule has 0 aromatic rings. The van der Waals surface area contributed by atoms with Crippen molar-refractivity contribution in [2.75, 3.05) is 0 Å². The number of nitriles is 1. The van der Waals surface area contributed by atoms with Crippen LogP contribution in [0.5, 0.6) is 0 Å². The fourth-order valence-electron chi connectivity index (χ4n) is 0.748. The largest absolute Gasteiger partial charge is 0.214 e. The topological polar surface area (TPSA) is 70.0 Å².